The summed E-state index contributed by atoms with van der Waals surface area (Å²) >= 11 is 6.31. The van der Waals surface area contributed by atoms with Gasteiger partial charge in [0.05, 0.1) is 10.7 Å². The number of nitrogens with zero attached hydrogens (tertiary/aromatic N) is 2. The first-order valence-corrected chi connectivity index (χ1v) is 6.87. The van der Waals surface area contributed by atoms with Crippen molar-refractivity contribution in [2.75, 3.05) is 38.6 Å². The van der Waals surface area contributed by atoms with Gasteiger partial charge in [-0.15, -0.1) is 0 Å². The van der Waals surface area contributed by atoms with Gasteiger partial charge in [0.1, 0.15) is 0 Å². The highest BCUT2D eigenvalue weighted by Gasteiger charge is 2.29. The Balaban J connectivity index is 2.19. The Hall–Kier alpha value is -0.770. The summed E-state index contributed by atoms with van der Waals surface area (Å²) in [5, 5.41) is 4.11. The van der Waals surface area contributed by atoms with Gasteiger partial charge in [-0.1, -0.05) is 23.7 Å². The Labute approximate surface area is 115 Å². The lowest BCUT2D eigenvalue weighted by molar-refractivity contribution is 0.190. The molecule has 18 heavy (non-hydrogen) atoms. The van der Waals surface area contributed by atoms with E-state index in [0.29, 0.717) is 12.1 Å². The van der Waals surface area contributed by atoms with E-state index >= 15 is 0 Å². The monoisotopic (exact) mass is 267 g/mol. The second-order valence-corrected chi connectivity index (χ2v) is 5.51. The van der Waals surface area contributed by atoms with E-state index in [-0.39, 0.29) is 0 Å². The summed E-state index contributed by atoms with van der Waals surface area (Å²) in [6.45, 7) is 5.35. The van der Waals surface area contributed by atoms with E-state index in [1.165, 1.54) is 0 Å². The predicted molar refractivity (Wildman–Crippen MR) is 78.6 cm³/mol. The van der Waals surface area contributed by atoms with Gasteiger partial charge in [0.15, 0.2) is 0 Å². The third-order valence-electron chi connectivity index (χ3n) is 3.72. The van der Waals surface area contributed by atoms with Gasteiger partial charge in [-0.3, -0.25) is 4.90 Å². The minimum atomic E-state index is 0.489. The van der Waals surface area contributed by atoms with E-state index in [4.69, 9.17) is 11.6 Å². The molecule has 0 radical (unpaired) electrons. The molecule has 0 amide bonds. The Morgan fingerprint density at radius 2 is 2.06 bits per heavy atom. The lowest BCUT2D eigenvalue weighted by Crippen LogP contribution is -2.58. The average Bonchev–Trinajstić information content (AvgIpc) is 2.34. The summed E-state index contributed by atoms with van der Waals surface area (Å²) in [6, 6.07) is 9.14. The number of nitrogens with one attached hydrogen (secondary N) is 1. The van der Waals surface area contributed by atoms with Crippen molar-refractivity contribution in [2.45, 2.75) is 19.0 Å². The van der Waals surface area contributed by atoms with Crippen molar-refractivity contribution in [3.05, 3.63) is 29.3 Å². The number of hydrogen-bond acceptors (Lipinski definition) is 3. The number of rotatable bonds is 3. The van der Waals surface area contributed by atoms with Crippen molar-refractivity contribution in [1.82, 2.24) is 10.2 Å². The van der Waals surface area contributed by atoms with E-state index < -0.39 is 0 Å². The molecule has 1 aliphatic rings. The fraction of sp³-hybridized carbons (Fsp3) is 0.571. The van der Waals surface area contributed by atoms with Crippen LogP contribution < -0.4 is 10.2 Å². The van der Waals surface area contributed by atoms with E-state index in [9.17, 15) is 0 Å². The molecule has 100 valence electrons. The van der Waals surface area contributed by atoms with Crippen LogP contribution in [0.3, 0.4) is 0 Å². The SMILES string of the molecule is CNCC1CN(c2ccccc2Cl)C(C)CN1C. The summed E-state index contributed by atoms with van der Waals surface area (Å²) < 4.78 is 0. The minimum absolute atomic E-state index is 0.489. The van der Waals surface area contributed by atoms with Gasteiger partial charge in [0, 0.05) is 31.7 Å². The van der Waals surface area contributed by atoms with Crippen LogP contribution in [0.15, 0.2) is 24.3 Å². The molecule has 2 atom stereocenters. The van der Waals surface area contributed by atoms with Crippen molar-refractivity contribution in [2.24, 2.45) is 0 Å². The summed E-state index contributed by atoms with van der Waals surface area (Å²) in [5.41, 5.74) is 1.15. The molecule has 1 fully saturated rings. The minimum Gasteiger partial charge on any atom is -0.365 e. The molecule has 0 aliphatic carbocycles. The Kier molecular flexibility index (Phi) is 4.49. The standard InChI is InChI=1S/C14H22ClN3/c1-11-9-17(3)12(8-16-2)10-18(11)14-7-5-4-6-13(14)15/h4-7,11-12,16H,8-10H2,1-3H3. The molecule has 1 aromatic carbocycles. The number of halogens is 1. The summed E-state index contributed by atoms with van der Waals surface area (Å²) in [7, 11) is 4.20. The fourth-order valence-electron chi connectivity index (χ4n) is 2.69. The van der Waals surface area contributed by atoms with Crippen molar-refractivity contribution in [3.8, 4) is 0 Å². The van der Waals surface area contributed by atoms with Crippen molar-refractivity contribution < 1.29 is 0 Å². The highest BCUT2D eigenvalue weighted by Crippen LogP contribution is 2.29. The van der Waals surface area contributed by atoms with Crippen LogP contribution in [0, 0.1) is 0 Å². The number of hydrogen-bond donors (Lipinski definition) is 1. The quantitative estimate of drug-likeness (QED) is 0.905. The zero-order valence-corrected chi connectivity index (χ0v) is 12.1. The highest BCUT2D eigenvalue weighted by molar-refractivity contribution is 6.33. The first-order valence-electron chi connectivity index (χ1n) is 6.49. The lowest BCUT2D eigenvalue weighted by atomic mass is 10.1. The highest BCUT2D eigenvalue weighted by atomic mass is 35.5. The molecule has 2 rings (SSSR count). The normalized spacial score (nSPS) is 25.4. The van der Waals surface area contributed by atoms with Gasteiger partial charge >= 0.3 is 0 Å². The van der Waals surface area contributed by atoms with Crippen molar-refractivity contribution in [3.63, 3.8) is 0 Å². The Morgan fingerprint density at radius 3 is 2.72 bits per heavy atom. The first-order chi connectivity index (χ1) is 8.63. The zero-order valence-electron chi connectivity index (χ0n) is 11.4. The number of para-hydroxylation sites is 1. The molecule has 0 saturated carbocycles. The van der Waals surface area contributed by atoms with Crippen LogP contribution in [0.1, 0.15) is 6.92 Å². The molecular formula is C14H22ClN3. The number of likely N-dealkylation sites (N-methyl/N-ethyl adjacent to an activating group) is 2. The van der Waals surface area contributed by atoms with E-state index in [1.54, 1.807) is 0 Å². The maximum Gasteiger partial charge on any atom is 0.0639 e. The van der Waals surface area contributed by atoms with Crippen LogP contribution in [-0.2, 0) is 0 Å². The number of piperazine rings is 1. The third kappa shape index (κ3) is 2.79. The number of anilines is 1. The van der Waals surface area contributed by atoms with Crippen molar-refractivity contribution >= 4 is 17.3 Å². The molecule has 0 spiro atoms. The molecule has 3 nitrogen and oxygen atoms in total. The molecule has 0 bridgehead atoms. The molecular weight excluding hydrogens is 246 g/mol. The molecule has 1 heterocycles. The van der Waals surface area contributed by atoms with Crippen LogP contribution in [0.4, 0.5) is 5.69 Å². The lowest BCUT2D eigenvalue weighted by Gasteiger charge is -2.45. The van der Waals surface area contributed by atoms with Crippen LogP contribution in [0.5, 0.6) is 0 Å². The average molecular weight is 268 g/mol. The maximum atomic E-state index is 6.31. The number of benzene rings is 1. The summed E-state index contributed by atoms with van der Waals surface area (Å²) in [5.74, 6) is 0. The molecule has 4 heteroatoms. The van der Waals surface area contributed by atoms with Gasteiger partial charge in [0.2, 0.25) is 0 Å². The smallest absolute Gasteiger partial charge is 0.0639 e. The van der Waals surface area contributed by atoms with E-state index in [0.717, 1.165) is 30.3 Å². The molecule has 1 aliphatic heterocycles. The Bertz CT molecular complexity index is 396. The van der Waals surface area contributed by atoms with Crippen LogP contribution >= 0.6 is 11.6 Å². The molecule has 0 aromatic heterocycles. The molecule has 1 N–H and O–H groups in total. The van der Waals surface area contributed by atoms with Crippen molar-refractivity contribution in [1.29, 1.82) is 0 Å². The predicted octanol–water partition coefficient (Wildman–Crippen LogP) is 2.07. The largest absolute Gasteiger partial charge is 0.365 e. The maximum absolute atomic E-state index is 6.31. The summed E-state index contributed by atoms with van der Waals surface area (Å²) in [6.07, 6.45) is 0. The second kappa shape index (κ2) is 5.91. The van der Waals surface area contributed by atoms with E-state index in [1.807, 2.05) is 19.2 Å². The Morgan fingerprint density at radius 1 is 1.33 bits per heavy atom. The van der Waals surface area contributed by atoms with Crippen LogP contribution in [0.2, 0.25) is 5.02 Å². The topological polar surface area (TPSA) is 18.5 Å². The van der Waals surface area contributed by atoms with Gasteiger partial charge in [-0.05, 0) is 33.2 Å². The van der Waals surface area contributed by atoms with Gasteiger partial charge in [0.25, 0.3) is 0 Å². The van der Waals surface area contributed by atoms with Crippen LogP contribution in [-0.4, -0.2) is 50.7 Å². The van der Waals surface area contributed by atoms with Crippen LogP contribution in [0.25, 0.3) is 0 Å². The molecule has 1 aromatic rings. The van der Waals surface area contributed by atoms with Gasteiger partial charge in [-0.2, -0.15) is 0 Å². The van der Waals surface area contributed by atoms with Gasteiger partial charge in [-0.25, -0.2) is 0 Å². The third-order valence-corrected chi connectivity index (χ3v) is 4.04. The summed E-state index contributed by atoms with van der Waals surface area (Å²) in [4.78, 5) is 4.85. The second-order valence-electron chi connectivity index (χ2n) is 5.10. The molecule has 2 unspecified atom stereocenters. The van der Waals surface area contributed by atoms with E-state index in [2.05, 4.69) is 41.2 Å². The molecule has 1 saturated heterocycles. The van der Waals surface area contributed by atoms with Gasteiger partial charge < -0.3 is 10.2 Å². The first kappa shape index (κ1) is 13.7. The fourth-order valence-corrected chi connectivity index (χ4v) is 2.93. The zero-order chi connectivity index (χ0) is 13.1.